The van der Waals surface area contributed by atoms with Crippen LogP contribution in [0, 0.1) is 6.92 Å². The molecule has 1 aromatic carbocycles. The predicted octanol–water partition coefficient (Wildman–Crippen LogP) is 4.09. The Morgan fingerprint density at radius 3 is 2.83 bits per heavy atom. The molecule has 1 heterocycles. The van der Waals surface area contributed by atoms with Gasteiger partial charge in [-0.1, -0.05) is 44.2 Å². The Labute approximate surface area is 144 Å². The molecule has 0 atom stereocenters. The van der Waals surface area contributed by atoms with Crippen molar-refractivity contribution in [3.8, 4) is 0 Å². The van der Waals surface area contributed by atoms with Crippen LogP contribution in [0.2, 0.25) is 0 Å². The number of hydrogen-bond donors (Lipinski definition) is 3. The molecular weight excluding hydrogens is 356 g/mol. The van der Waals surface area contributed by atoms with E-state index in [-0.39, 0.29) is 5.91 Å². The van der Waals surface area contributed by atoms with Crippen LogP contribution >= 0.6 is 15.9 Å². The smallest absolute Gasteiger partial charge is 0.270 e. The van der Waals surface area contributed by atoms with Crippen LogP contribution in [0.5, 0.6) is 0 Å². The Morgan fingerprint density at radius 2 is 2.13 bits per heavy atom. The molecule has 1 amide bonds. The first-order valence-corrected chi connectivity index (χ1v) is 8.37. The van der Waals surface area contributed by atoms with Gasteiger partial charge >= 0.3 is 0 Å². The number of carbonyl (C=O) groups excluding carboxylic acids is 1. The summed E-state index contributed by atoms with van der Waals surface area (Å²) in [6.07, 6.45) is 1.99. The van der Waals surface area contributed by atoms with Crippen molar-refractivity contribution in [3.05, 3.63) is 52.1 Å². The van der Waals surface area contributed by atoms with Crippen LogP contribution in [0.1, 0.15) is 41.4 Å². The maximum absolute atomic E-state index is 12.1. The van der Waals surface area contributed by atoms with E-state index in [1.165, 1.54) is 0 Å². The fraction of sp³-hybridized carbons (Fsp3) is 0.294. The van der Waals surface area contributed by atoms with Gasteiger partial charge in [0.1, 0.15) is 5.69 Å². The maximum atomic E-state index is 12.1. The summed E-state index contributed by atoms with van der Waals surface area (Å²) in [5.41, 5.74) is 3.26. The molecule has 23 heavy (non-hydrogen) atoms. The van der Waals surface area contributed by atoms with E-state index in [1.807, 2.05) is 31.2 Å². The summed E-state index contributed by atoms with van der Waals surface area (Å²) in [5.74, 6) is 0.367. The second-order valence-electron chi connectivity index (χ2n) is 5.29. The summed E-state index contributed by atoms with van der Waals surface area (Å²) < 4.78 is 0.598. The van der Waals surface area contributed by atoms with Crippen LogP contribution in [-0.4, -0.2) is 22.6 Å². The number of aromatic nitrogens is 2. The third kappa shape index (κ3) is 4.22. The van der Waals surface area contributed by atoms with Crippen molar-refractivity contribution in [2.24, 2.45) is 0 Å². The molecular formula is C17H21BrN4O. The highest BCUT2D eigenvalue weighted by Crippen LogP contribution is 2.27. The summed E-state index contributed by atoms with van der Waals surface area (Å²) in [4.78, 5) is 12.1. The van der Waals surface area contributed by atoms with Crippen LogP contribution in [0.25, 0.3) is 5.70 Å². The molecule has 0 radical (unpaired) electrons. The van der Waals surface area contributed by atoms with Gasteiger partial charge in [-0.15, -0.1) is 0 Å². The predicted molar refractivity (Wildman–Crippen MR) is 97.4 cm³/mol. The zero-order valence-corrected chi connectivity index (χ0v) is 15.0. The number of nitrogens with zero attached hydrogens (tertiary/aromatic N) is 1. The second-order valence-corrected chi connectivity index (χ2v) is 6.08. The van der Waals surface area contributed by atoms with Gasteiger partial charge in [-0.25, -0.2) is 0 Å². The maximum Gasteiger partial charge on any atom is 0.270 e. The zero-order valence-electron chi connectivity index (χ0n) is 13.4. The number of carbonyl (C=O) groups is 1. The lowest BCUT2D eigenvalue weighted by Gasteiger charge is -2.10. The number of rotatable bonds is 7. The summed E-state index contributed by atoms with van der Waals surface area (Å²) >= 11 is 3.42. The molecule has 0 spiro atoms. The standard InChI is InChI=1S/C17H21BrN4O/c1-4-5-10-19-17(23)15-14(18)16(22-21-15)20-12(3)13-9-7-6-8-11(13)2/h6-9H,3-5,10H2,1-2H3,(H,19,23)(H2,20,21,22). The SMILES string of the molecule is C=C(Nc1n[nH]c(C(=O)NCCCC)c1Br)c1ccccc1C. The van der Waals surface area contributed by atoms with Gasteiger partial charge in [0.25, 0.3) is 5.91 Å². The minimum Gasteiger partial charge on any atom is -0.351 e. The number of nitrogens with one attached hydrogen (secondary N) is 3. The Bertz CT molecular complexity index is 708. The van der Waals surface area contributed by atoms with Crippen LogP contribution in [0.4, 0.5) is 5.82 Å². The highest BCUT2D eigenvalue weighted by atomic mass is 79.9. The molecule has 0 aliphatic rings. The Kier molecular flexibility index (Phi) is 5.98. The van der Waals surface area contributed by atoms with E-state index >= 15 is 0 Å². The number of anilines is 1. The fourth-order valence-electron chi connectivity index (χ4n) is 2.15. The normalized spacial score (nSPS) is 10.4. The van der Waals surface area contributed by atoms with Crippen molar-refractivity contribution in [2.45, 2.75) is 26.7 Å². The molecule has 3 N–H and O–H groups in total. The summed E-state index contributed by atoms with van der Waals surface area (Å²) in [6.45, 7) is 8.81. The Hall–Kier alpha value is -2.08. The van der Waals surface area contributed by atoms with E-state index in [0.29, 0.717) is 22.5 Å². The Morgan fingerprint density at radius 1 is 1.39 bits per heavy atom. The number of halogens is 1. The molecule has 2 rings (SSSR count). The van der Waals surface area contributed by atoms with Crippen molar-refractivity contribution < 1.29 is 4.79 Å². The Balaban J connectivity index is 2.09. The van der Waals surface area contributed by atoms with Gasteiger partial charge in [0.2, 0.25) is 0 Å². The topological polar surface area (TPSA) is 69.8 Å². The molecule has 0 saturated heterocycles. The van der Waals surface area contributed by atoms with Crippen LogP contribution in [-0.2, 0) is 0 Å². The molecule has 122 valence electrons. The fourth-order valence-corrected chi connectivity index (χ4v) is 2.61. The van der Waals surface area contributed by atoms with E-state index in [4.69, 9.17) is 0 Å². The highest BCUT2D eigenvalue weighted by molar-refractivity contribution is 9.10. The minimum absolute atomic E-state index is 0.174. The van der Waals surface area contributed by atoms with Gasteiger partial charge in [-0.05, 0) is 34.8 Å². The van der Waals surface area contributed by atoms with Gasteiger partial charge in [-0.2, -0.15) is 5.10 Å². The van der Waals surface area contributed by atoms with Crippen molar-refractivity contribution in [1.29, 1.82) is 0 Å². The van der Waals surface area contributed by atoms with E-state index in [2.05, 4.69) is 50.3 Å². The van der Waals surface area contributed by atoms with Crippen molar-refractivity contribution in [1.82, 2.24) is 15.5 Å². The molecule has 6 heteroatoms. The van der Waals surface area contributed by atoms with E-state index in [1.54, 1.807) is 0 Å². The molecule has 0 bridgehead atoms. The number of hydrogen-bond acceptors (Lipinski definition) is 3. The molecule has 5 nitrogen and oxygen atoms in total. The molecule has 1 aromatic heterocycles. The quantitative estimate of drug-likeness (QED) is 0.637. The van der Waals surface area contributed by atoms with Gasteiger partial charge < -0.3 is 10.6 Å². The summed E-state index contributed by atoms with van der Waals surface area (Å²) in [6, 6.07) is 7.95. The van der Waals surface area contributed by atoms with Gasteiger partial charge in [0.05, 0.1) is 4.47 Å². The van der Waals surface area contributed by atoms with E-state index < -0.39 is 0 Å². The van der Waals surface area contributed by atoms with Crippen LogP contribution in [0.3, 0.4) is 0 Å². The first-order valence-electron chi connectivity index (χ1n) is 7.58. The zero-order chi connectivity index (χ0) is 16.8. The van der Waals surface area contributed by atoms with Crippen molar-refractivity contribution in [2.75, 3.05) is 11.9 Å². The third-order valence-corrected chi connectivity index (χ3v) is 4.26. The number of aryl methyl sites for hydroxylation is 1. The minimum atomic E-state index is -0.174. The van der Waals surface area contributed by atoms with Gasteiger partial charge in [-0.3, -0.25) is 9.89 Å². The van der Waals surface area contributed by atoms with Gasteiger partial charge in [0.15, 0.2) is 5.82 Å². The molecule has 0 aliphatic carbocycles. The van der Waals surface area contributed by atoms with Crippen LogP contribution in [0.15, 0.2) is 35.3 Å². The number of benzene rings is 1. The lowest BCUT2D eigenvalue weighted by Crippen LogP contribution is -2.25. The van der Waals surface area contributed by atoms with Crippen LogP contribution < -0.4 is 10.6 Å². The molecule has 0 saturated carbocycles. The number of amides is 1. The monoisotopic (exact) mass is 376 g/mol. The summed E-state index contributed by atoms with van der Waals surface area (Å²) in [5, 5.41) is 12.9. The lowest BCUT2D eigenvalue weighted by molar-refractivity contribution is 0.0947. The second kappa shape index (κ2) is 7.97. The molecule has 0 unspecified atom stereocenters. The van der Waals surface area contributed by atoms with Gasteiger partial charge in [0, 0.05) is 17.8 Å². The number of unbranched alkanes of at least 4 members (excludes halogenated alkanes) is 1. The largest absolute Gasteiger partial charge is 0.351 e. The molecule has 0 aliphatic heterocycles. The average molecular weight is 377 g/mol. The van der Waals surface area contributed by atoms with Crippen molar-refractivity contribution in [3.63, 3.8) is 0 Å². The molecule has 0 fully saturated rings. The lowest BCUT2D eigenvalue weighted by atomic mass is 10.1. The average Bonchev–Trinajstić information content (AvgIpc) is 2.89. The molecule has 2 aromatic rings. The number of H-pyrrole nitrogens is 1. The first kappa shape index (κ1) is 17.3. The summed E-state index contributed by atoms with van der Waals surface area (Å²) in [7, 11) is 0. The van der Waals surface area contributed by atoms with Crippen molar-refractivity contribution >= 4 is 33.4 Å². The number of aromatic amines is 1. The van der Waals surface area contributed by atoms with E-state index in [0.717, 1.165) is 29.7 Å². The van der Waals surface area contributed by atoms with E-state index in [9.17, 15) is 4.79 Å². The highest BCUT2D eigenvalue weighted by Gasteiger charge is 2.17. The first-order chi connectivity index (χ1) is 11.0. The third-order valence-electron chi connectivity index (χ3n) is 3.49.